The maximum Gasteiger partial charge on any atom is 0.235 e. The Hall–Kier alpha value is 2.21. The number of hydrogen-bond donors (Lipinski definition) is 0. The molecule has 0 saturated heterocycles. The monoisotopic (exact) mass is 1090 g/mol. The lowest BCUT2D eigenvalue weighted by atomic mass is 9.84. The molecule has 0 spiro atoms. The molecule has 0 radical (unpaired) electrons. The summed E-state index contributed by atoms with van der Waals surface area (Å²) in [6.07, 6.45) is 1.65. The Labute approximate surface area is 356 Å². The quantitative estimate of drug-likeness (QED) is 0.333. The fourth-order valence-corrected chi connectivity index (χ4v) is 58.9. The number of rotatable bonds is 1. The SMILES string of the molecule is Cc1cc(C)c(-c2ccc3c(c2)C(=O)C(=O)c2cccnc2-3)c(C)c1.S=S=S=S=S=S=S=S=S=S=S=S=S=S=S=S=S=S=S=S=S=S=S=S. The molecule has 0 N–H and O–H groups in total. The molecule has 27 heteroatoms. The Bertz CT molecular complexity index is 2700. The van der Waals surface area contributed by atoms with Crippen molar-refractivity contribution in [3.63, 3.8) is 0 Å². The van der Waals surface area contributed by atoms with Crippen LogP contribution >= 0.6 is 0 Å². The van der Waals surface area contributed by atoms with Gasteiger partial charge in [-0.25, -0.2) is 0 Å². The van der Waals surface area contributed by atoms with Crippen LogP contribution in [0.3, 0.4) is 0 Å². The fraction of sp³-hybridized carbons (Fsp3) is 0.136. The summed E-state index contributed by atoms with van der Waals surface area (Å²) in [4.78, 5) is 29.3. The number of pyridine rings is 1. The summed E-state index contributed by atoms with van der Waals surface area (Å²) in [6.45, 7) is 6.21. The van der Waals surface area contributed by atoms with E-state index in [-0.39, 0.29) is 0 Å². The van der Waals surface area contributed by atoms with E-state index in [1.54, 1.807) is 160 Å². The lowest BCUT2D eigenvalue weighted by Gasteiger charge is -2.19. The molecule has 0 unspecified atom stereocenters. The van der Waals surface area contributed by atoms with E-state index < -0.39 is 11.6 Å². The molecule has 49 heavy (non-hydrogen) atoms. The van der Waals surface area contributed by atoms with Crippen LogP contribution in [0.15, 0.2) is 48.7 Å². The number of ketones is 2. The smallest absolute Gasteiger partial charge is 0.235 e. The number of aromatic nitrogens is 1. The largest absolute Gasteiger partial charge is 0.285 e. The Morgan fingerprint density at radius 2 is 0.898 bits per heavy atom. The molecule has 3 aromatic rings. The molecule has 0 atom stereocenters. The molecular formula is C22H17NO2S24. The standard InChI is InChI=1S/C22H17NO2.S24/c1-12-9-13(2)19(14(3)10-12)15-6-7-16-18(11-15)22(25)21(24)17-5-4-8-23-20(16)17;1-3-5-7-9-11-13-15-17-19-21-23-24-22-20-18-16-14-12-10-8-6-4-2/h4-11H,1-3H3;. The maximum absolute atomic E-state index is 12.6. The molecule has 1 heterocycles. The van der Waals surface area contributed by atoms with Crippen molar-refractivity contribution in [2.45, 2.75) is 20.8 Å². The predicted octanol–water partition coefficient (Wildman–Crippen LogP) is 4.66. The van der Waals surface area contributed by atoms with Gasteiger partial charge in [-0.1, -0.05) is 29.8 Å². The molecule has 1 aliphatic carbocycles. The zero-order valence-corrected chi connectivity index (χ0v) is 43.8. The lowest BCUT2D eigenvalue weighted by molar-refractivity contribution is 0.0815. The minimum Gasteiger partial charge on any atom is -0.285 e. The first-order valence-corrected chi connectivity index (χ1v) is 42.7. The van der Waals surface area contributed by atoms with Crippen molar-refractivity contribution >= 4 is 229 Å². The number of nitrogens with zero attached hydrogens (tertiary/aromatic N) is 1. The molecule has 0 saturated carbocycles. The van der Waals surface area contributed by atoms with Crippen molar-refractivity contribution in [2.75, 3.05) is 0 Å². The maximum atomic E-state index is 12.6. The predicted molar refractivity (Wildman–Crippen MR) is 275 cm³/mol. The Balaban J connectivity index is 0.000000266. The number of Topliss-reactive ketones (excluding diaryl/α,β-unsaturated/α-hetero) is 2. The van der Waals surface area contributed by atoms with Crippen LogP contribution < -0.4 is 0 Å². The van der Waals surface area contributed by atoms with Crippen molar-refractivity contribution < 1.29 is 9.59 Å². The molecule has 266 valence electrons. The number of fused-ring (bicyclic) bond motifs is 3. The van der Waals surface area contributed by atoms with Crippen molar-refractivity contribution in [3.05, 3.63) is 76.5 Å². The zero-order chi connectivity index (χ0) is 35.3. The molecule has 1 aliphatic rings. The summed E-state index contributed by atoms with van der Waals surface area (Å²) < 4.78 is 0. The number of hydrogen-bond acceptors (Lipinski definition) is 5. The number of carbonyl (C=O) groups excluding carboxylic acids is 2. The second kappa shape index (κ2) is 27.7. The van der Waals surface area contributed by atoms with Crippen LogP contribution in [0.4, 0.5) is 0 Å². The molecule has 0 aliphatic heterocycles. The van der Waals surface area contributed by atoms with Gasteiger partial charge < -0.3 is 0 Å². The first kappa shape index (κ1) is 45.6. The third kappa shape index (κ3) is 16.9. The minimum atomic E-state index is -0.481. The van der Waals surface area contributed by atoms with Gasteiger partial charge in [0.15, 0.2) is 0 Å². The molecule has 4 rings (SSSR count). The van der Waals surface area contributed by atoms with E-state index in [9.17, 15) is 9.59 Å². The van der Waals surface area contributed by atoms with E-state index in [4.69, 9.17) is 22.4 Å². The molecular weight excluding hydrogens is 1080 g/mol. The summed E-state index contributed by atoms with van der Waals surface area (Å²) >= 11 is 9.54. The van der Waals surface area contributed by atoms with Crippen LogP contribution in [0.5, 0.6) is 0 Å². The third-order valence-electron chi connectivity index (χ3n) is 5.33. The van der Waals surface area contributed by atoms with Gasteiger partial charge in [0.05, 0.1) is 11.3 Å². The van der Waals surface area contributed by atoms with Crippen LogP contribution in [-0.2, 0) is 218 Å². The summed E-state index contributed by atoms with van der Waals surface area (Å²) in [6, 6.07) is 13.3. The first-order chi connectivity index (χ1) is 23.9. The number of benzene rings is 2. The minimum absolute atomic E-state index is 0.385. The van der Waals surface area contributed by atoms with Gasteiger partial charge in [0.2, 0.25) is 11.6 Å². The van der Waals surface area contributed by atoms with E-state index in [0.29, 0.717) is 16.8 Å². The Kier molecular flexibility index (Phi) is 25.8. The molecule has 3 nitrogen and oxygen atoms in total. The highest BCUT2D eigenvalue weighted by molar-refractivity contribution is 8.79. The molecule has 2 aromatic carbocycles. The second-order valence-corrected chi connectivity index (χ2v) is 47.0. The molecule has 0 amide bonds. The van der Waals surface area contributed by atoms with Gasteiger partial charge in [0.25, 0.3) is 0 Å². The van der Waals surface area contributed by atoms with E-state index in [1.165, 1.54) is 23.3 Å². The van der Waals surface area contributed by atoms with Crippen molar-refractivity contribution in [1.82, 2.24) is 4.98 Å². The van der Waals surface area contributed by atoms with Gasteiger partial charge in [0.1, 0.15) is 0 Å². The topological polar surface area (TPSA) is 47.0 Å². The Morgan fingerprint density at radius 1 is 0.490 bits per heavy atom. The number of carbonyl (C=O) groups is 2. The second-order valence-electron chi connectivity index (χ2n) is 8.09. The highest BCUT2D eigenvalue weighted by atomic mass is 33.5. The van der Waals surface area contributed by atoms with Gasteiger partial charge in [-0.05, 0) is 61.2 Å². The first-order valence-electron chi connectivity index (χ1n) is 12.1. The average molecular weight is 1100 g/mol. The molecule has 0 fully saturated rings. The van der Waals surface area contributed by atoms with Crippen LogP contribution in [0.2, 0.25) is 0 Å². The van der Waals surface area contributed by atoms with E-state index in [2.05, 4.69) is 37.9 Å². The summed E-state index contributed by atoms with van der Waals surface area (Å²) in [5.41, 5.74) is 7.73. The van der Waals surface area contributed by atoms with E-state index in [0.717, 1.165) is 27.8 Å². The van der Waals surface area contributed by atoms with Gasteiger partial charge in [-0.15, -0.1) is 0 Å². The van der Waals surface area contributed by atoms with E-state index in [1.807, 2.05) is 53.7 Å². The van der Waals surface area contributed by atoms with Gasteiger partial charge >= 0.3 is 0 Å². The van der Waals surface area contributed by atoms with Crippen molar-refractivity contribution in [1.29, 1.82) is 0 Å². The molecule has 1 aromatic heterocycles. The van der Waals surface area contributed by atoms with Crippen molar-refractivity contribution in [2.24, 2.45) is 0 Å². The average Bonchev–Trinajstić information content (AvgIpc) is 3.09. The third-order valence-corrected chi connectivity index (χ3v) is 52.0. The van der Waals surface area contributed by atoms with Gasteiger partial charge in [0, 0.05) is 235 Å². The normalized spacial score (nSPS) is 10.2. The summed E-state index contributed by atoms with van der Waals surface area (Å²) in [5, 5.41) is 0. The molecule has 0 bridgehead atoms. The lowest BCUT2D eigenvalue weighted by Crippen LogP contribution is -2.21. The van der Waals surface area contributed by atoms with E-state index >= 15 is 0 Å². The fourth-order valence-electron chi connectivity index (χ4n) is 4.00. The Morgan fingerprint density at radius 3 is 1.33 bits per heavy atom. The van der Waals surface area contributed by atoms with Crippen LogP contribution in [0, 0.1) is 20.8 Å². The highest BCUT2D eigenvalue weighted by Crippen LogP contribution is 2.36. The zero-order valence-electron chi connectivity index (χ0n) is 24.2. The van der Waals surface area contributed by atoms with Crippen molar-refractivity contribution in [3.8, 4) is 22.4 Å². The van der Waals surface area contributed by atoms with Crippen LogP contribution in [0.1, 0.15) is 37.4 Å². The summed E-state index contributed by atoms with van der Waals surface area (Å²) in [5.74, 6) is -0.940. The summed E-state index contributed by atoms with van der Waals surface area (Å²) in [7, 11) is 38.1. The number of aryl methyl sites for hydroxylation is 3. The highest BCUT2D eigenvalue weighted by Gasteiger charge is 2.31. The van der Waals surface area contributed by atoms with Crippen LogP contribution in [-0.4, -0.2) is 16.6 Å². The van der Waals surface area contributed by atoms with Gasteiger partial charge in [-0.3, -0.25) is 14.6 Å². The van der Waals surface area contributed by atoms with Crippen LogP contribution in [0.25, 0.3) is 22.4 Å². The van der Waals surface area contributed by atoms with Gasteiger partial charge in [-0.2, -0.15) is 0 Å².